The van der Waals surface area contributed by atoms with Crippen molar-refractivity contribution in [3.05, 3.63) is 267 Å². The van der Waals surface area contributed by atoms with Crippen LogP contribution >= 0.6 is 0 Å². The second-order valence-corrected chi connectivity index (χ2v) is 28.8. The number of allylic oxidation sites excluding steroid dienone is 5. The Balaban J connectivity index is 0.000000127. The Hall–Kier alpha value is -16.8. The number of carbonyl (C=O) groups excluding carboxylic acids is 4. The number of carbonyl (C=O) groups is 4. The van der Waals surface area contributed by atoms with Crippen LogP contribution in [0, 0.1) is 19.8 Å². The van der Waals surface area contributed by atoms with Gasteiger partial charge in [0.15, 0.2) is 80.3 Å². The van der Waals surface area contributed by atoms with Gasteiger partial charge >= 0.3 is 0 Å². The highest BCUT2D eigenvalue weighted by atomic mass is 16.2. The van der Waals surface area contributed by atoms with Crippen LogP contribution in [-0.4, -0.2) is 177 Å². The fourth-order valence-electron chi connectivity index (χ4n) is 13.1. The average molecular weight is 1700 g/mol. The average Bonchev–Trinajstić information content (AvgIpc) is 1.73. The molecule has 644 valence electrons. The maximum atomic E-state index is 12.3. The van der Waals surface area contributed by atoms with Gasteiger partial charge in [-0.05, 0) is 89.1 Å². The molecule has 0 bridgehead atoms. The molecule has 19 rings (SSSR count). The number of benzene rings is 4. The highest BCUT2D eigenvalue weighted by Crippen LogP contribution is 2.27. The van der Waals surface area contributed by atoms with E-state index in [1.165, 1.54) is 102 Å². The molecular weight excluding hydrogens is 1610 g/mol. The molecule has 1 aliphatic rings. The van der Waals surface area contributed by atoms with Crippen LogP contribution in [0.4, 0.5) is 40.7 Å². The Morgan fingerprint density at radius 2 is 0.882 bits per heavy atom. The van der Waals surface area contributed by atoms with Gasteiger partial charge in [0.1, 0.15) is 82.9 Å². The predicted octanol–water partition coefficient (Wildman–Crippen LogP) is 14.1. The van der Waals surface area contributed by atoms with E-state index in [-0.39, 0.29) is 35.6 Å². The van der Waals surface area contributed by atoms with Crippen molar-refractivity contribution in [2.45, 2.75) is 106 Å². The van der Waals surface area contributed by atoms with Crippen LogP contribution in [0.1, 0.15) is 117 Å². The Morgan fingerprint density at radius 3 is 1.37 bits per heavy atom. The Bertz CT molecular complexity index is 6690. The number of H-pyrrole nitrogens is 7. The van der Waals surface area contributed by atoms with E-state index in [1.807, 2.05) is 74.5 Å². The van der Waals surface area contributed by atoms with Crippen LogP contribution in [0.25, 0.3) is 78.1 Å². The summed E-state index contributed by atoms with van der Waals surface area (Å²) in [6.45, 7) is 16.7. The zero-order valence-corrected chi connectivity index (χ0v) is 70.8. The number of imidazole rings is 7. The van der Waals surface area contributed by atoms with Crippen LogP contribution in [0.15, 0.2) is 234 Å². The van der Waals surface area contributed by atoms with Gasteiger partial charge in [-0.2, -0.15) is 0 Å². The minimum Gasteiger partial charge on any atom is -0.364 e. The maximum absolute atomic E-state index is 12.3. The van der Waals surface area contributed by atoms with Gasteiger partial charge in [0.05, 0.1) is 50.3 Å². The lowest BCUT2D eigenvalue weighted by atomic mass is 9.97. The minimum absolute atomic E-state index is 0.0203. The fourth-order valence-corrected chi connectivity index (χ4v) is 13.1. The Morgan fingerprint density at radius 1 is 0.457 bits per heavy atom. The van der Waals surface area contributed by atoms with E-state index in [2.05, 4.69) is 266 Å². The summed E-state index contributed by atoms with van der Waals surface area (Å²) in [5.41, 5.74) is 17.2. The number of rotatable bonds is 22. The van der Waals surface area contributed by atoms with Crippen LogP contribution in [-0.2, 0) is 27.5 Å². The van der Waals surface area contributed by atoms with Crippen molar-refractivity contribution in [3.8, 4) is 0 Å². The van der Waals surface area contributed by atoms with E-state index in [0.29, 0.717) is 103 Å². The summed E-state index contributed by atoms with van der Waals surface area (Å²) in [7, 11) is 1.68. The van der Waals surface area contributed by atoms with E-state index in [9.17, 15) is 19.2 Å². The van der Waals surface area contributed by atoms with Crippen LogP contribution in [0.2, 0.25) is 0 Å². The van der Waals surface area contributed by atoms with Crippen molar-refractivity contribution < 1.29 is 19.2 Å². The van der Waals surface area contributed by atoms with Crippen molar-refractivity contribution >= 4 is 143 Å². The number of aromatic amines is 7. The first-order valence-electron chi connectivity index (χ1n) is 40.6. The van der Waals surface area contributed by atoms with Gasteiger partial charge in [-0.1, -0.05) is 158 Å². The Labute approximate surface area is 726 Å². The molecular formula is C88H93N35O4. The molecule has 14 aromatic heterocycles. The van der Waals surface area contributed by atoms with E-state index in [4.69, 9.17) is 0 Å². The SMILES string of the molecule is CC(C)=CC(=O)Nc1ncnc2nc[nH]c12.CC(Nc1ncnc2nc[nH]c12)c1ccccc1.CCCCCC(=O)Nc1ncnc2nc[nH]c12.CCN(Cc1ccccc1)c1ncnc2nc[nH]c12.CN(C(=O)c1ccccc1)c1ncnc2nc[nH]c12.Cc1cc(C)cc(CNc2ncnc3nc[nH]c23)c1.O=C(CC1C=CC=CC1)Nc1ncnc2nc[nH]c12. The number of aromatic nitrogens is 28. The predicted molar refractivity (Wildman–Crippen MR) is 486 cm³/mol. The van der Waals surface area contributed by atoms with Gasteiger partial charge < -0.3 is 66.4 Å². The summed E-state index contributed by atoms with van der Waals surface area (Å²) in [6.07, 6.45) is 35.7. The highest BCUT2D eigenvalue weighted by Gasteiger charge is 2.21. The molecule has 0 spiro atoms. The molecule has 4 aromatic carbocycles. The largest absolute Gasteiger partial charge is 0.364 e. The lowest BCUT2D eigenvalue weighted by Gasteiger charge is -2.22. The van der Waals surface area contributed by atoms with Crippen molar-refractivity contribution in [2.24, 2.45) is 5.92 Å². The van der Waals surface area contributed by atoms with Crippen molar-refractivity contribution in [1.29, 1.82) is 0 Å². The summed E-state index contributed by atoms with van der Waals surface area (Å²) in [5.74, 6) is 4.20. The van der Waals surface area contributed by atoms with E-state index >= 15 is 0 Å². The van der Waals surface area contributed by atoms with Gasteiger partial charge in [-0.3, -0.25) is 24.1 Å². The molecule has 12 N–H and O–H groups in total. The summed E-state index contributed by atoms with van der Waals surface area (Å²) >= 11 is 0. The molecule has 14 heterocycles. The number of aryl methyl sites for hydroxylation is 2. The highest BCUT2D eigenvalue weighted by molar-refractivity contribution is 6.08. The molecule has 0 saturated heterocycles. The molecule has 2 unspecified atom stereocenters. The minimum atomic E-state index is -0.213. The summed E-state index contributed by atoms with van der Waals surface area (Å²) in [5, 5.41) is 14.9. The van der Waals surface area contributed by atoms with Crippen molar-refractivity contribution in [2.75, 3.05) is 50.0 Å². The molecule has 39 heteroatoms. The topological polar surface area (TPSA) is 516 Å². The number of nitrogens with one attached hydrogen (secondary N) is 12. The number of nitrogens with zero attached hydrogens (tertiary/aromatic N) is 23. The zero-order chi connectivity index (χ0) is 88.6. The lowest BCUT2D eigenvalue weighted by molar-refractivity contribution is -0.117. The van der Waals surface area contributed by atoms with Crippen molar-refractivity contribution in [3.63, 3.8) is 0 Å². The standard InChI is InChI=1S/2C14H15N5.C13H11N5O.C13H13N5O.C13H13N5.C11H15N5O.C10H11N5O/c1-9-3-10(2)5-11(4-9)6-15-13-12-14(17-7-16-12)19-8-18-13;1-2-19(8-11-6-4-3-5-7-11)14-12-13(16-9-15-12)17-10-18-14;1-18(13(19)9-5-3-2-4-6-9)12-10-11(15-7-14-10)16-8-17-12;19-10(6-9-4-2-1-3-5-9)18-13-11-12(15-7-14-11)16-8-17-13;1-9(10-5-3-2-4-6-10)18-13-11-12(15-7-14-11)16-8-17-13;1-2-3-4-5-8(17)16-11-9-10(13-6-12-9)14-7-15-11;1-6(2)3-7(16)15-10-8-9(12-4-11-8)13-5-14-10/h3-5,7-8H,6H2,1-2H3,(H2,15,16,17,18,19);3-7,9-10H,2,8H2,1H3,(H,15,16,17,18);2-8H,1H3,(H,14,15,16,17);1-4,7-9H,5-6H2,(H2,14,15,16,17,18,19);2-9H,1H3,(H2,14,15,16,17,18);6-7H,2-5H2,1H3,(H2,12,13,14,15,16,17);3-5H,1-2H3,(H2,11,12,13,14,15,16). The molecule has 1 aliphatic carbocycles. The van der Waals surface area contributed by atoms with E-state index in [1.54, 1.807) is 44.5 Å². The van der Waals surface area contributed by atoms with Gasteiger partial charge in [0.2, 0.25) is 17.7 Å². The molecule has 0 aliphatic heterocycles. The first-order chi connectivity index (χ1) is 62.0. The maximum Gasteiger partial charge on any atom is 0.259 e. The van der Waals surface area contributed by atoms with Gasteiger partial charge in [-0.25, -0.2) is 105 Å². The second kappa shape index (κ2) is 44.2. The third-order valence-electron chi connectivity index (χ3n) is 19.2. The molecule has 2 atom stereocenters. The van der Waals surface area contributed by atoms with Gasteiger partial charge in [0, 0.05) is 51.2 Å². The smallest absolute Gasteiger partial charge is 0.259 e. The summed E-state index contributed by atoms with van der Waals surface area (Å²) in [6, 6.07) is 36.3. The molecule has 0 saturated carbocycles. The van der Waals surface area contributed by atoms with E-state index in [0.717, 1.165) is 84.9 Å². The molecule has 4 amide bonds. The lowest BCUT2D eigenvalue weighted by Crippen LogP contribution is -2.27. The third-order valence-corrected chi connectivity index (χ3v) is 19.2. The quantitative estimate of drug-likeness (QED) is 0.0221. The summed E-state index contributed by atoms with van der Waals surface area (Å²) < 4.78 is 0. The van der Waals surface area contributed by atoms with Gasteiger partial charge in [0.25, 0.3) is 5.91 Å². The number of fused-ring (bicyclic) bond motifs is 7. The molecule has 0 fully saturated rings. The zero-order valence-electron chi connectivity index (χ0n) is 70.8. The second-order valence-electron chi connectivity index (χ2n) is 28.8. The summed E-state index contributed by atoms with van der Waals surface area (Å²) in [4.78, 5) is 158. The third kappa shape index (κ3) is 24.3. The Kier molecular flexibility index (Phi) is 30.6. The normalized spacial score (nSPS) is 12.0. The number of hydrogen-bond acceptors (Lipinski definition) is 28. The van der Waals surface area contributed by atoms with Crippen LogP contribution in [0.5, 0.6) is 0 Å². The first-order valence-corrected chi connectivity index (χ1v) is 40.6. The van der Waals surface area contributed by atoms with Crippen LogP contribution in [0.3, 0.4) is 0 Å². The molecule has 18 aromatic rings. The first kappa shape index (κ1) is 88.0. The fraction of sp³-hybridized carbons (Fsp3) is 0.216. The van der Waals surface area contributed by atoms with Crippen LogP contribution < -0.4 is 36.4 Å². The van der Waals surface area contributed by atoms with E-state index < -0.39 is 0 Å². The number of anilines is 7. The molecule has 39 nitrogen and oxygen atoms in total. The van der Waals surface area contributed by atoms with Gasteiger partial charge in [-0.15, -0.1) is 0 Å². The molecule has 127 heavy (non-hydrogen) atoms. The van der Waals surface area contributed by atoms with Crippen molar-refractivity contribution in [1.82, 2.24) is 140 Å². The number of unbranched alkanes of at least 4 members (excludes halogenated alkanes) is 2. The molecule has 0 radical (unpaired) electrons. The number of hydrogen-bond donors (Lipinski definition) is 12. The monoisotopic (exact) mass is 1700 g/mol. The number of amides is 4.